The average molecular weight is 614 g/mol. The third kappa shape index (κ3) is 5.67. The van der Waals surface area contributed by atoms with Gasteiger partial charge in [0.15, 0.2) is 0 Å². The van der Waals surface area contributed by atoms with Crippen molar-refractivity contribution < 1.29 is 9.47 Å². The molecule has 4 nitrogen and oxygen atoms in total. The van der Waals surface area contributed by atoms with Gasteiger partial charge in [-0.15, -0.1) is 0 Å². The molecule has 0 amide bonds. The minimum absolute atomic E-state index is 0.00267. The lowest BCUT2D eigenvalue weighted by Gasteiger charge is -2.17. The van der Waals surface area contributed by atoms with Crippen LogP contribution in [0.25, 0.3) is 22.3 Å². The topological polar surface area (TPSA) is 42.5 Å². The van der Waals surface area contributed by atoms with Crippen LogP contribution in [0.2, 0.25) is 20.1 Å². The predicted molar refractivity (Wildman–Crippen MR) is 166 cm³/mol. The third-order valence-corrected chi connectivity index (χ3v) is 8.41. The molecule has 0 radical (unpaired) electrons. The average Bonchev–Trinajstić information content (AvgIpc) is 3.49. The van der Waals surface area contributed by atoms with Crippen LogP contribution in [0.1, 0.15) is 22.3 Å². The van der Waals surface area contributed by atoms with E-state index in [2.05, 4.69) is 49.0 Å². The number of rotatable bonds is 7. The van der Waals surface area contributed by atoms with E-state index in [9.17, 15) is 0 Å². The lowest BCUT2D eigenvalue weighted by molar-refractivity contribution is 0.198. The van der Waals surface area contributed by atoms with E-state index >= 15 is 0 Å². The van der Waals surface area contributed by atoms with Crippen molar-refractivity contribution in [2.24, 2.45) is 0 Å². The van der Waals surface area contributed by atoms with Gasteiger partial charge in [-0.3, -0.25) is 10.9 Å². The molecule has 0 aromatic heterocycles. The highest BCUT2D eigenvalue weighted by Crippen LogP contribution is 2.44. The van der Waals surface area contributed by atoms with E-state index in [1.807, 2.05) is 24.3 Å². The first-order chi connectivity index (χ1) is 19.2. The lowest BCUT2D eigenvalue weighted by atomic mass is 9.98. The zero-order valence-corrected chi connectivity index (χ0v) is 25.1. The van der Waals surface area contributed by atoms with E-state index in [-0.39, 0.29) is 12.2 Å². The Kier molecular flexibility index (Phi) is 7.93. The van der Waals surface area contributed by atoms with Crippen LogP contribution in [0.15, 0.2) is 60.7 Å². The first kappa shape index (κ1) is 27.7. The summed E-state index contributed by atoms with van der Waals surface area (Å²) in [6.45, 7) is 5.47. The molecule has 40 heavy (non-hydrogen) atoms. The maximum Gasteiger partial charge on any atom is 0.131 e. The molecule has 4 aromatic rings. The number of nitrogens with one attached hydrogen (secondary N) is 2. The molecule has 0 saturated heterocycles. The molecular weight excluding hydrogens is 586 g/mol. The van der Waals surface area contributed by atoms with Crippen molar-refractivity contribution in [2.75, 3.05) is 13.1 Å². The zero-order valence-electron chi connectivity index (χ0n) is 22.1. The first-order valence-corrected chi connectivity index (χ1v) is 14.7. The monoisotopic (exact) mass is 612 g/mol. The van der Waals surface area contributed by atoms with Crippen LogP contribution < -0.4 is 20.3 Å². The molecular formula is C32H28Cl4N2O2. The van der Waals surface area contributed by atoms with Gasteiger partial charge in [0, 0.05) is 58.2 Å². The molecule has 0 bridgehead atoms. The number of hydrogen-bond acceptors (Lipinski definition) is 4. The second-order valence-electron chi connectivity index (χ2n) is 10.5. The highest BCUT2D eigenvalue weighted by Gasteiger charge is 2.29. The molecule has 4 aromatic carbocycles. The molecule has 2 heterocycles. The Morgan fingerprint density at radius 3 is 1.43 bits per heavy atom. The van der Waals surface area contributed by atoms with Crippen LogP contribution in [-0.2, 0) is 12.8 Å². The minimum Gasteiger partial charge on any atom is -0.488 e. The van der Waals surface area contributed by atoms with Gasteiger partial charge in [-0.05, 0) is 72.5 Å². The van der Waals surface area contributed by atoms with E-state index in [0.717, 1.165) is 46.6 Å². The Labute approximate surface area is 254 Å². The van der Waals surface area contributed by atoms with Crippen molar-refractivity contribution in [3.63, 3.8) is 0 Å². The van der Waals surface area contributed by atoms with E-state index in [1.165, 1.54) is 22.3 Å². The number of halogens is 4. The summed E-state index contributed by atoms with van der Waals surface area (Å²) in [7, 11) is 0. The number of hydrogen-bond donors (Lipinski definition) is 2. The van der Waals surface area contributed by atoms with Crippen LogP contribution in [0.4, 0.5) is 0 Å². The summed E-state index contributed by atoms with van der Waals surface area (Å²) >= 11 is 25.3. The van der Waals surface area contributed by atoms with Gasteiger partial charge in [-0.1, -0.05) is 70.7 Å². The Morgan fingerprint density at radius 2 is 1.02 bits per heavy atom. The molecule has 0 saturated carbocycles. The summed E-state index contributed by atoms with van der Waals surface area (Å²) in [5.74, 6) is 1.78. The quantitative estimate of drug-likeness (QED) is 0.162. The van der Waals surface area contributed by atoms with Crippen molar-refractivity contribution in [2.45, 2.75) is 38.9 Å². The second-order valence-corrected chi connectivity index (χ2v) is 12.2. The van der Waals surface area contributed by atoms with Gasteiger partial charge in [0.1, 0.15) is 23.7 Å². The van der Waals surface area contributed by atoms with Crippen molar-refractivity contribution in [3.8, 4) is 33.8 Å². The summed E-state index contributed by atoms with van der Waals surface area (Å²) in [6, 6.07) is 19.7. The van der Waals surface area contributed by atoms with E-state index in [4.69, 9.17) is 55.9 Å². The molecule has 0 aliphatic carbocycles. The molecule has 206 valence electrons. The number of ether oxygens (including phenoxy) is 2. The third-order valence-electron chi connectivity index (χ3n) is 7.31. The first-order valence-electron chi connectivity index (χ1n) is 13.2. The zero-order chi connectivity index (χ0) is 28.0. The summed E-state index contributed by atoms with van der Waals surface area (Å²) in [6.07, 6.45) is 1.63. The van der Waals surface area contributed by atoms with Gasteiger partial charge >= 0.3 is 0 Å². The van der Waals surface area contributed by atoms with Crippen molar-refractivity contribution >= 4 is 46.4 Å². The van der Waals surface area contributed by atoms with Crippen LogP contribution in [0.3, 0.4) is 0 Å². The Hall–Kier alpha value is -2.44. The fourth-order valence-electron chi connectivity index (χ4n) is 5.60. The Bertz CT molecular complexity index is 1490. The van der Waals surface area contributed by atoms with E-state index in [0.29, 0.717) is 33.2 Å². The SMILES string of the molecule is Cc1cc2c(c(-c3ccc(Cl)cc3Cl)c1)OC(CNNCC1Cc3cc(C)cc(-c4ccc(Cl)cc4Cl)c3O1)C2. The molecule has 2 unspecified atom stereocenters. The second kappa shape index (κ2) is 11.4. The van der Waals surface area contributed by atoms with E-state index in [1.54, 1.807) is 12.1 Å². The molecule has 2 N–H and O–H groups in total. The fraction of sp³-hybridized carbons (Fsp3) is 0.250. The Balaban J connectivity index is 1.08. The molecule has 0 spiro atoms. The number of aryl methyl sites for hydroxylation is 2. The standard InChI is InChI=1S/C32H28Cl4N2O2/c1-17-7-19-11-23(39-31(19)27(9-17)25-5-3-21(33)13-29(25)35)15-37-38-16-24-12-20-8-18(2)10-28(32(20)40-24)26-6-4-22(34)14-30(26)36/h3-10,13-14,23-24,37-38H,11-12,15-16H2,1-2H3. The Morgan fingerprint density at radius 1 is 0.600 bits per heavy atom. The van der Waals surface area contributed by atoms with Crippen LogP contribution in [-0.4, -0.2) is 25.3 Å². The maximum atomic E-state index is 6.53. The smallest absolute Gasteiger partial charge is 0.131 e. The van der Waals surface area contributed by atoms with Gasteiger partial charge in [-0.25, -0.2) is 0 Å². The van der Waals surface area contributed by atoms with Gasteiger partial charge in [-0.2, -0.15) is 0 Å². The summed E-state index contributed by atoms with van der Waals surface area (Å²) in [5.41, 5.74) is 15.2. The molecule has 8 heteroatoms. The van der Waals surface area contributed by atoms with E-state index < -0.39 is 0 Å². The van der Waals surface area contributed by atoms with Gasteiger partial charge < -0.3 is 9.47 Å². The van der Waals surface area contributed by atoms with Crippen molar-refractivity contribution in [1.29, 1.82) is 0 Å². The largest absolute Gasteiger partial charge is 0.488 e. The van der Waals surface area contributed by atoms with Gasteiger partial charge in [0.25, 0.3) is 0 Å². The number of fused-ring (bicyclic) bond motifs is 2. The van der Waals surface area contributed by atoms with Crippen LogP contribution in [0, 0.1) is 13.8 Å². The summed E-state index contributed by atoms with van der Waals surface area (Å²) in [5, 5.41) is 2.45. The van der Waals surface area contributed by atoms with Crippen molar-refractivity contribution in [3.05, 3.63) is 103 Å². The predicted octanol–water partition coefficient (Wildman–Crippen LogP) is 8.65. The van der Waals surface area contributed by atoms with Gasteiger partial charge in [0.05, 0.1) is 10.0 Å². The van der Waals surface area contributed by atoms with Crippen LogP contribution >= 0.6 is 46.4 Å². The molecule has 6 rings (SSSR count). The lowest BCUT2D eigenvalue weighted by Crippen LogP contribution is -2.44. The highest BCUT2D eigenvalue weighted by molar-refractivity contribution is 6.37. The maximum absolute atomic E-state index is 6.53. The summed E-state index contributed by atoms with van der Waals surface area (Å²) in [4.78, 5) is 0. The normalized spacial score (nSPS) is 17.4. The van der Waals surface area contributed by atoms with Crippen LogP contribution in [0.5, 0.6) is 11.5 Å². The molecule has 0 fully saturated rings. The number of benzene rings is 4. The minimum atomic E-state index is -0.00267. The summed E-state index contributed by atoms with van der Waals surface area (Å²) < 4.78 is 12.8. The van der Waals surface area contributed by atoms with Crippen molar-refractivity contribution in [1.82, 2.24) is 10.9 Å². The number of hydrazine groups is 1. The molecule has 2 aliphatic rings. The molecule has 2 aliphatic heterocycles. The molecule has 2 atom stereocenters. The highest BCUT2D eigenvalue weighted by atomic mass is 35.5. The van der Waals surface area contributed by atoms with Gasteiger partial charge in [0.2, 0.25) is 0 Å². The fourth-order valence-corrected chi connectivity index (χ4v) is 6.62.